The summed E-state index contributed by atoms with van der Waals surface area (Å²) in [4.78, 5) is 14.7. The van der Waals surface area contributed by atoms with Crippen molar-refractivity contribution in [3.63, 3.8) is 0 Å². The number of carbonyl (C=O) groups excluding carboxylic acids is 1. The highest BCUT2D eigenvalue weighted by Crippen LogP contribution is 2.65. The van der Waals surface area contributed by atoms with Crippen LogP contribution in [0.25, 0.3) is 5.70 Å². The van der Waals surface area contributed by atoms with Crippen LogP contribution in [0.5, 0.6) is 0 Å². The van der Waals surface area contributed by atoms with Crippen molar-refractivity contribution in [2.75, 3.05) is 19.6 Å². The lowest BCUT2D eigenvalue weighted by molar-refractivity contribution is 0.0776. The number of amides is 1. The van der Waals surface area contributed by atoms with Gasteiger partial charge in [0.2, 0.25) is 0 Å². The fraction of sp³-hybridized carbons (Fsp3) is 0.462. The molecule has 8 heteroatoms. The number of likely N-dealkylation sites (N-methyl/N-ethyl adjacent to an activating group) is 1. The molecular weight excluding hydrogens is 436 g/mol. The Labute approximate surface area is 199 Å². The summed E-state index contributed by atoms with van der Waals surface area (Å²) in [5.41, 5.74) is 1.78. The van der Waals surface area contributed by atoms with Crippen molar-refractivity contribution in [1.29, 1.82) is 0 Å². The number of azo groups is 1. The molecule has 3 atom stereocenters. The molecule has 1 amide bonds. The van der Waals surface area contributed by atoms with Crippen molar-refractivity contribution in [1.82, 2.24) is 14.7 Å². The number of benzene rings is 1. The third-order valence-electron chi connectivity index (χ3n) is 7.02. The number of aromatic nitrogens is 2. The van der Waals surface area contributed by atoms with Crippen LogP contribution in [0.1, 0.15) is 49.5 Å². The van der Waals surface area contributed by atoms with Crippen LogP contribution in [-0.2, 0) is 7.05 Å². The Morgan fingerprint density at radius 2 is 2.06 bits per heavy atom. The van der Waals surface area contributed by atoms with Crippen molar-refractivity contribution >= 4 is 11.6 Å². The molecule has 2 aromatic rings. The van der Waals surface area contributed by atoms with Gasteiger partial charge in [-0.1, -0.05) is 30.7 Å². The van der Waals surface area contributed by atoms with Crippen molar-refractivity contribution in [2.45, 2.75) is 33.6 Å². The zero-order valence-electron chi connectivity index (χ0n) is 20.1. The maximum atomic E-state index is 14.5. The van der Waals surface area contributed by atoms with Crippen molar-refractivity contribution < 1.29 is 13.6 Å². The largest absolute Gasteiger partial charge is 0.335 e. The van der Waals surface area contributed by atoms with E-state index in [2.05, 4.69) is 28.3 Å². The predicted molar refractivity (Wildman–Crippen MR) is 127 cm³/mol. The Hall–Kier alpha value is -3.16. The number of fused-ring (bicyclic) bond motifs is 1. The summed E-state index contributed by atoms with van der Waals surface area (Å²) in [6, 6.07) is 3.83. The number of halogens is 2. The number of allylic oxidation sites excluding steroid dienone is 2. The molecule has 1 aromatic heterocycles. The van der Waals surface area contributed by atoms with Crippen LogP contribution in [0.3, 0.4) is 0 Å². The molecule has 0 N–H and O–H groups in total. The molecule has 0 spiro atoms. The molecule has 0 bridgehead atoms. The first-order valence-corrected chi connectivity index (χ1v) is 11.8. The Kier molecular flexibility index (Phi) is 6.77. The molecule has 0 radical (unpaired) electrons. The average molecular weight is 468 g/mol. The monoisotopic (exact) mass is 467 g/mol. The molecule has 0 saturated heterocycles. The van der Waals surface area contributed by atoms with E-state index in [0.29, 0.717) is 31.1 Å². The first kappa shape index (κ1) is 24.0. The molecule has 6 nitrogen and oxygen atoms in total. The third kappa shape index (κ3) is 4.58. The second-order valence-electron chi connectivity index (χ2n) is 9.27. The second kappa shape index (κ2) is 9.60. The summed E-state index contributed by atoms with van der Waals surface area (Å²) in [5, 5.41) is 12.3. The van der Waals surface area contributed by atoms with Gasteiger partial charge in [-0.15, -0.1) is 0 Å². The van der Waals surface area contributed by atoms with E-state index >= 15 is 0 Å². The number of carbonyl (C=O) groups is 1. The van der Waals surface area contributed by atoms with E-state index < -0.39 is 11.6 Å². The molecule has 2 aliphatic carbocycles. The zero-order valence-corrected chi connectivity index (χ0v) is 20.1. The predicted octanol–water partition coefficient (Wildman–Crippen LogP) is 5.65. The molecule has 1 heterocycles. The Morgan fingerprint density at radius 3 is 2.68 bits per heavy atom. The zero-order chi connectivity index (χ0) is 24.5. The van der Waals surface area contributed by atoms with Gasteiger partial charge >= 0.3 is 0 Å². The second-order valence-corrected chi connectivity index (χ2v) is 9.27. The lowest BCUT2D eigenvalue weighted by Crippen LogP contribution is -2.33. The van der Waals surface area contributed by atoms with E-state index in [0.717, 1.165) is 12.8 Å². The summed E-state index contributed by atoms with van der Waals surface area (Å²) in [6.07, 6.45) is 9.30. The van der Waals surface area contributed by atoms with E-state index in [4.69, 9.17) is 0 Å². The van der Waals surface area contributed by atoms with E-state index in [1.807, 2.05) is 24.8 Å². The molecule has 3 unspecified atom stereocenters. The minimum absolute atomic E-state index is 0.0340. The summed E-state index contributed by atoms with van der Waals surface area (Å²) in [5.74, 6) is -0.827. The summed E-state index contributed by atoms with van der Waals surface area (Å²) in [7, 11) is 1.79. The number of nitrogens with zero attached hydrogens (tertiary/aromatic N) is 5. The molecule has 34 heavy (non-hydrogen) atoms. The van der Waals surface area contributed by atoms with Crippen LogP contribution in [0.2, 0.25) is 0 Å². The first-order valence-electron chi connectivity index (χ1n) is 11.8. The fourth-order valence-electron chi connectivity index (χ4n) is 5.14. The molecule has 4 rings (SSSR count). The Morgan fingerprint density at radius 1 is 1.32 bits per heavy atom. The van der Waals surface area contributed by atoms with Crippen LogP contribution < -0.4 is 0 Å². The normalized spacial score (nSPS) is 24.2. The molecule has 1 fully saturated rings. The Balaban J connectivity index is 1.57. The van der Waals surface area contributed by atoms with Gasteiger partial charge in [0.15, 0.2) is 0 Å². The van der Waals surface area contributed by atoms with Crippen molar-refractivity contribution in [3.8, 4) is 0 Å². The lowest BCUT2D eigenvalue weighted by atomic mass is 9.91. The molecular formula is C26H31F2N5O. The van der Waals surface area contributed by atoms with E-state index in [1.54, 1.807) is 24.1 Å². The van der Waals surface area contributed by atoms with Crippen LogP contribution >= 0.6 is 0 Å². The van der Waals surface area contributed by atoms with Gasteiger partial charge in [0.25, 0.3) is 5.91 Å². The number of rotatable bonds is 8. The van der Waals surface area contributed by atoms with Gasteiger partial charge in [-0.05, 0) is 56.1 Å². The van der Waals surface area contributed by atoms with E-state index in [1.165, 1.54) is 23.8 Å². The van der Waals surface area contributed by atoms with Crippen molar-refractivity contribution in [3.05, 3.63) is 71.1 Å². The first-order chi connectivity index (χ1) is 16.3. The van der Waals surface area contributed by atoms with Gasteiger partial charge in [-0.2, -0.15) is 15.3 Å². The summed E-state index contributed by atoms with van der Waals surface area (Å²) in [6.45, 7) is 7.57. The summed E-state index contributed by atoms with van der Waals surface area (Å²) >= 11 is 0. The van der Waals surface area contributed by atoms with Gasteiger partial charge in [0.05, 0.1) is 29.6 Å². The third-order valence-corrected chi connectivity index (χ3v) is 7.02. The standard InChI is InChI=1S/C26H31F2N5O/c1-5-29-31-23(24-21(27)8-7-9-22(24)28)12-20-19-11-10-17(13-26(19,20)3)15-33(6-2)25(34)18-14-30-32(4)16-18/h7-9,12-14,16,19-20H,5-6,10-11,15H2,1-4H3/b23-12-,31-29?. The highest BCUT2D eigenvalue weighted by atomic mass is 19.1. The smallest absolute Gasteiger partial charge is 0.257 e. The van der Waals surface area contributed by atoms with Gasteiger partial charge in [-0.25, -0.2) is 8.78 Å². The topological polar surface area (TPSA) is 62.9 Å². The summed E-state index contributed by atoms with van der Waals surface area (Å²) < 4.78 is 30.6. The van der Waals surface area contributed by atoms with Crippen LogP contribution in [0.4, 0.5) is 8.78 Å². The minimum atomic E-state index is -0.640. The molecule has 1 saturated carbocycles. The number of hydrogen-bond donors (Lipinski definition) is 0. The van der Waals surface area contributed by atoms with Gasteiger partial charge in [-0.3, -0.25) is 9.48 Å². The van der Waals surface area contributed by atoms with E-state index in [-0.39, 0.29) is 28.5 Å². The fourth-order valence-corrected chi connectivity index (χ4v) is 5.14. The lowest BCUT2D eigenvalue weighted by Gasteiger charge is -2.25. The number of hydrogen-bond acceptors (Lipinski definition) is 4. The average Bonchev–Trinajstić information content (AvgIpc) is 3.12. The highest BCUT2D eigenvalue weighted by molar-refractivity contribution is 5.93. The maximum absolute atomic E-state index is 14.5. The van der Waals surface area contributed by atoms with Crippen LogP contribution in [0, 0.1) is 28.9 Å². The quantitative estimate of drug-likeness (QED) is 0.372. The van der Waals surface area contributed by atoms with E-state index in [9.17, 15) is 13.6 Å². The van der Waals surface area contributed by atoms with Crippen LogP contribution in [0.15, 0.2) is 58.5 Å². The minimum Gasteiger partial charge on any atom is -0.335 e. The maximum Gasteiger partial charge on any atom is 0.257 e. The van der Waals surface area contributed by atoms with Gasteiger partial charge < -0.3 is 4.90 Å². The van der Waals surface area contributed by atoms with Crippen LogP contribution in [-0.4, -0.2) is 40.2 Å². The number of aryl methyl sites for hydroxylation is 1. The molecule has 1 aromatic carbocycles. The SMILES string of the molecule is CCN=N/C(=C\C1C2CCC(CN(CC)C(=O)c3cnn(C)c3)=CC12C)c1c(F)cccc1F. The Bertz CT molecular complexity index is 1150. The highest BCUT2D eigenvalue weighted by Gasteiger charge is 2.59. The van der Waals surface area contributed by atoms with Crippen molar-refractivity contribution in [2.24, 2.45) is 34.5 Å². The molecule has 0 aliphatic heterocycles. The molecule has 180 valence electrons. The van der Waals surface area contributed by atoms with Gasteiger partial charge in [0, 0.05) is 26.3 Å². The van der Waals surface area contributed by atoms with Gasteiger partial charge in [0.1, 0.15) is 11.6 Å². The molecule has 2 aliphatic rings.